The lowest BCUT2D eigenvalue weighted by atomic mass is 10.2. The number of thiophene rings is 1. The number of amides is 1. The molecule has 0 N–H and O–H groups in total. The normalized spacial score (nSPS) is 11.9. The van der Waals surface area contributed by atoms with Crippen molar-refractivity contribution in [2.24, 2.45) is 0 Å². The van der Waals surface area contributed by atoms with Crippen molar-refractivity contribution in [1.82, 2.24) is 4.90 Å². The first-order valence-electron chi connectivity index (χ1n) is 5.33. The van der Waals surface area contributed by atoms with Crippen molar-refractivity contribution in [3.05, 3.63) is 21.9 Å². The summed E-state index contributed by atoms with van der Waals surface area (Å²) in [6.07, 6.45) is 1.32. The van der Waals surface area contributed by atoms with E-state index in [1.54, 1.807) is 11.9 Å². The molecule has 0 spiro atoms. The molecule has 1 aromatic rings. The zero-order valence-electron chi connectivity index (χ0n) is 9.86. The van der Waals surface area contributed by atoms with Gasteiger partial charge in [0.25, 0.3) is 5.91 Å². The molecule has 1 unspecified atom stereocenters. The van der Waals surface area contributed by atoms with Crippen LogP contribution in [0.15, 0.2) is 12.1 Å². The monoisotopic (exact) mass is 236 g/mol. The molecule has 0 bridgehead atoms. The maximum Gasteiger partial charge on any atom is 0.263 e. The molecule has 0 saturated carbocycles. The molecule has 1 rings (SSSR count). The molecule has 0 fully saturated rings. The molecule has 16 heavy (non-hydrogen) atoms. The fourth-order valence-electron chi connectivity index (χ4n) is 1.33. The van der Waals surface area contributed by atoms with Gasteiger partial charge in [-0.15, -0.1) is 11.3 Å². The van der Waals surface area contributed by atoms with E-state index in [2.05, 4.69) is 13.0 Å². The van der Waals surface area contributed by atoms with Crippen molar-refractivity contribution in [3.8, 4) is 6.07 Å². The van der Waals surface area contributed by atoms with Crippen LogP contribution >= 0.6 is 11.3 Å². The van der Waals surface area contributed by atoms with Crippen molar-refractivity contribution in [2.45, 2.75) is 32.7 Å². The zero-order valence-corrected chi connectivity index (χ0v) is 10.7. The van der Waals surface area contributed by atoms with Crippen LogP contribution in [0.1, 0.15) is 34.8 Å². The van der Waals surface area contributed by atoms with Gasteiger partial charge in [0.1, 0.15) is 0 Å². The highest BCUT2D eigenvalue weighted by Gasteiger charge is 2.18. The quantitative estimate of drug-likeness (QED) is 0.806. The molecule has 1 atom stereocenters. The highest BCUT2D eigenvalue weighted by Crippen LogP contribution is 2.19. The summed E-state index contributed by atoms with van der Waals surface area (Å²) in [6.45, 7) is 3.96. The molecule has 1 aromatic heterocycles. The third-order valence-electron chi connectivity index (χ3n) is 2.59. The fraction of sp³-hybridized carbons (Fsp3) is 0.500. The van der Waals surface area contributed by atoms with Gasteiger partial charge in [0, 0.05) is 18.0 Å². The smallest absolute Gasteiger partial charge is 0.263 e. The first-order valence-corrected chi connectivity index (χ1v) is 6.14. The minimum Gasteiger partial charge on any atom is -0.337 e. The summed E-state index contributed by atoms with van der Waals surface area (Å²) in [7, 11) is 1.75. The van der Waals surface area contributed by atoms with Crippen molar-refractivity contribution in [3.63, 3.8) is 0 Å². The van der Waals surface area contributed by atoms with Gasteiger partial charge in [0.2, 0.25) is 0 Å². The van der Waals surface area contributed by atoms with E-state index in [-0.39, 0.29) is 11.9 Å². The second-order valence-corrected chi connectivity index (χ2v) is 4.92. The van der Waals surface area contributed by atoms with E-state index in [4.69, 9.17) is 5.26 Å². The van der Waals surface area contributed by atoms with Crippen LogP contribution in [-0.4, -0.2) is 23.9 Å². The largest absolute Gasteiger partial charge is 0.337 e. The zero-order chi connectivity index (χ0) is 12.1. The van der Waals surface area contributed by atoms with Gasteiger partial charge in [-0.3, -0.25) is 4.79 Å². The van der Waals surface area contributed by atoms with Gasteiger partial charge in [-0.1, -0.05) is 6.92 Å². The Bertz CT molecular complexity index is 405. The average Bonchev–Trinajstić information content (AvgIpc) is 2.75. The Labute approximate surface area is 100 Å². The molecule has 0 aliphatic heterocycles. The number of nitriles is 1. The Morgan fingerprint density at radius 1 is 1.62 bits per heavy atom. The van der Waals surface area contributed by atoms with E-state index in [1.165, 1.54) is 16.2 Å². The fourth-order valence-corrected chi connectivity index (χ4v) is 2.26. The van der Waals surface area contributed by atoms with Crippen LogP contribution in [0, 0.1) is 11.3 Å². The van der Waals surface area contributed by atoms with E-state index < -0.39 is 0 Å². The molecule has 0 aliphatic carbocycles. The van der Waals surface area contributed by atoms with Gasteiger partial charge in [-0.25, -0.2) is 0 Å². The number of carbonyl (C=O) groups is 1. The lowest BCUT2D eigenvalue weighted by Gasteiger charge is -2.22. The van der Waals surface area contributed by atoms with Crippen LogP contribution in [-0.2, 0) is 6.42 Å². The van der Waals surface area contributed by atoms with Gasteiger partial charge in [0.05, 0.1) is 17.4 Å². The first-order chi connectivity index (χ1) is 7.60. The molecule has 0 radical (unpaired) electrons. The second kappa shape index (κ2) is 5.66. The Hall–Kier alpha value is -1.34. The van der Waals surface area contributed by atoms with Gasteiger partial charge < -0.3 is 4.90 Å². The lowest BCUT2D eigenvalue weighted by molar-refractivity contribution is 0.0751. The number of hydrogen-bond donors (Lipinski definition) is 0. The van der Waals surface area contributed by atoms with Crippen LogP contribution < -0.4 is 0 Å². The van der Waals surface area contributed by atoms with Crippen LogP contribution in [0.25, 0.3) is 0 Å². The SMILES string of the molecule is CCc1ccc(C(=O)N(C)C(C)CC#N)s1. The summed E-state index contributed by atoms with van der Waals surface area (Å²) >= 11 is 1.53. The van der Waals surface area contributed by atoms with E-state index >= 15 is 0 Å². The highest BCUT2D eigenvalue weighted by molar-refractivity contribution is 7.14. The average molecular weight is 236 g/mol. The van der Waals surface area contributed by atoms with Crippen LogP contribution in [0.3, 0.4) is 0 Å². The minimum atomic E-state index is -0.0373. The maximum absolute atomic E-state index is 12.0. The second-order valence-electron chi connectivity index (χ2n) is 3.75. The van der Waals surface area contributed by atoms with E-state index in [1.807, 2.05) is 19.1 Å². The summed E-state index contributed by atoms with van der Waals surface area (Å²) in [5.74, 6) is 0.00690. The summed E-state index contributed by atoms with van der Waals surface area (Å²) < 4.78 is 0. The Balaban J connectivity index is 2.74. The maximum atomic E-state index is 12.0. The predicted molar refractivity (Wildman–Crippen MR) is 65.5 cm³/mol. The van der Waals surface area contributed by atoms with Crippen LogP contribution in [0.5, 0.6) is 0 Å². The molecule has 3 nitrogen and oxygen atoms in total. The lowest BCUT2D eigenvalue weighted by Crippen LogP contribution is -2.34. The van der Waals surface area contributed by atoms with Crippen LogP contribution in [0.2, 0.25) is 0 Å². The molecule has 86 valence electrons. The summed E-state index contributed by atoms with van der Waals surface area (Å²) in [5, 5.41) is 8.59. The topological polar surface area (TPSA) is 44.1 Å². The highest BCUT2D eigenvalue weighted by atomic mass is 32.1. The predicted octanol–water partition coefficient (Wildman–Crippen LogP) is 2.68. The summed E-state index contributed by atoms with van der Waals surface area (Å²) in [4.78, 5) is 15.6. The molecule has 0 aromatic carbocycles. The van der Waals surface area contributed by atoms with E-state index in [0.717, 1.165) is 11.3 Å². The Kier molecular flexibility index (Phi) is 4.51. The molecule has 0 saturated heterocycles. The first kappa shape index (κ1) is 12.7. The minimum absolute atomic E-state index is 0.00690. The third-order valence-corrected chi connectivity index (χ3v) is 3.81. The number of carbonyl (C=O) groups excluding carboxylic acids is 1. The van der Waals surface area contributed by atoms with Gasteiger partial charge in [0.15, 0.2) is 0 Å². The summed E-state index contributed by atoms with van der Waals surface area (Å²) in [5.41, 5.74) is 0. The summed E-state index contributed by atoms with van der Waals surface area (Å²) in [6, 6.07) is 5.89. The molecule has 1 heterocycles. The number of rotatable bonds is 4. The standard InChI is InChI=1S/C12H16N2OS/c1-4-10-5-6-11(16-10)12(15)14(3)9(2)7-8-13/h5-6,9H,4,7H2,1-3H3. The van der Waals surface area contributed by atoms with Crippen molar-refractivity contribution in [1.29, 1.82) is 5.26 Å². The number of aryl methyl sites for hydroxylation is 1. The van der Waals surface area contributed by atoms with E-state index in [9.17, 15) is 4.79 Å². The van der Waals surface area contributed by atoms with Gasteiger partial charge in [-0.05, 0) is 25.5 Å². The van der Waals surface area contributed by atoms with Gasteiger partial charge >= 0.3 is 0 Å². The number of nitrogens with zero attached hydrogens (tertiary/aromatic N) is 2. The Morgan fingerprint density at radius 3 is 2.81 bits per heavy atom. The van der Waals surface area contributed by atoms with E-state index in [0.29, 0.717) is 6.42 Å². The molecule has 4 heteroatoms. The molecule has 1 amide bonds. The Morgan fingerprint density at radius 2 is 2.31 bits per heavy atom. The van der Waals surface area contributed by atoms with Crippen LogP contribution in [0.4, 0.5) is 0 Å². The molecular formula is C12H16N2OS. The molecule has 0 aliphatic rings. The van der Waals surface area contributed by atoms with Crippen molar-refractivity contribution >= 4 is 17.2 Å². The van der Waals surface area contributed by atoms with Gasteiger partial charge in [-0.2, -0.15) is 5.26 Å². The van der Waals surface area contributed by atoms with Crippen molar-refractivity contribution in [2.75, 3.05) is 7.05 Å². The third kappa shape index (κ3) is 2.83. The molecular weight excluding hydrogens is 220 g/mol. The number of hydrogen-bond acceptors (Lipinski definition) is 3. The van der Waals surface area contributed by atoms with Crippen molar-refractivity contribution < 1.29 is 4.79 Å².